The molecule has 1 atom stereocenters. The third-order valence-electron chi connectivity index (χ3n) is 4.73. The van der Waals surface area contributed by atoms with Gasteiger partial charge in [-0.2, -0.15) is 9.40 Å². The van der Waals surface area contributed by atoms with Crippen LogP contribution in [0.25, 0.3) is 0 Å². The molecule has 1 amide bonds. The van der Waals surface area contributed by atoms with Gasteiger partial charge in [0.2, 0.25) is 15.9 Å². The van der Waals surface area contributed by atoms with Crippen molar-refractivity contribution in [2.24, 2.45) is 5.92 Å². The first-order valence-electron chi connectivity index (χ1n) is 9.21. The van der Waals surface area contributed by atoms with Crippen LogP contribution in [-0.4, -0.2) is 41.5 Å². The van der Waals surface area contributed by atoms with E-state index in [0.717, 1.165) is 5.69 Å². The van der Waals surface area contributed by atoms with Crippen LogP contribution in [0, 0.1) is 12.8 Å². The van der Waals surface area contributed by atoms with Crippen LogP contribution in [0.3, 0.4) is 0 Å². The number of nitrogens with one attached hydrogen (secondary N) is 1. The average Bonchev–Trinajstić information content (AvgIpc) is 3.03. The van der Waals surface area contributed by atoms with Gasteiger partial charge in [-0.15, -0.1) is 0 Å². The molecule has 3 rings (SSSR count). The summed E-state index contributed by atoms with van der Waals surface area (Å²) in [5, 5.41) is 7.33. The molecule has 1 aliphatic heterocycles. The smallest absolute Gasteiger partial charge is 0.243 e. The average molecular weight is 391 g/mol. The first kappa shape index (κ1) is 19.6. The highest BCUT2D eigenvalue weighted by molar-refractivity contribution is 7.89. The maximum atomic E-state index is 12.8. The Morgan fingerprint density at radius 1 is 1.26 bits per heavy atom. The van der Waals surface area contributed by atoms with Gasteiger partial charge >= 0.3 is 0 Å². The highest BCUT2D eigenvalue weighted by atomic mass is 32.2. The molecule has 0 unspecified atom stereocenters. The molecule has 1 N–H and O–H groups in total. The number of rotatable bonds is 5. The third-order valence-corrected chi connectivity index (χ3v) is 6.61. The van der Waals surface area contributed by atoms with Crippen LogP contribution in [0.5, 0.6) is 0 Å². The molecule has 1 aromatic carbocycles. The van der Waals surface area contributed by atoms with Crippen LogP contribution in [0.1, 0.15) is 38.4 Å². The van der Waals surface area contributed by atoms with E-state index in [1.165, 1.54) is 4.31 Å². The van der Waals surface area contributed by atoms with Gasteiger partial charge in [0.25, 0.3) is 0 Å². The molecule has 1 aromatic heterocycles. The molecule has 1 fully saturated rings. The number of carbonyl (C=O) groups excluding carboxylic acids is 1. The molecule has 0 saturated carbocycles. The number of carbonyl (C=O) groups is 1. The minimum atomic E-state index is -3.58. The van der Waals surface area contributed by atoms with Gasteiger partial charge in [0, 0.05) is 25.2 Å². The molecule has 27 heavy (non-hydrogen) atoms. The second-order valence-corrected chi connectivity index (χ2v) is 9.15. The van der Waals surface area contributed by atoms with Gasteiger partial charge in [-0.3, -0.25) is 4.79 Å². The molecule has 2 aromatic rings. The summed E-state index contributed by atoms with van der Waals surface area (Å²) in [7, 11) is -3.58. The fourth-order valence-electron chi connectivity index (χ4n) is 3.35. The molecule has 0 aliphatic carbocycles. The van der Waals surface area contributed by atoms with Crippen molar-refractivity contribution in [3.63, 3.8) is 0 Å². The van der Waals surface area contributed by atoms with Gasteiger partial charge in [-0.1, -0.05) is 18.2 Å². The summed E-state index contributed by atoms with van der Waals surface area (Å²) in [5.41, 5.74) is 0.830. The van der Waals surface area contributed by atoms with Crippen molar-refractivity contribution in [2.45, 2.75) is 44.6 Å². The zero-order chi connectivity index (χ0) is 19.6. The predicted octanol–water partition coefficient (Wildman–Crippen LogP) is 2.81. The van der Waals surface area contributed by atoms with Gasteiger partial charge in [0.1, 0.15) is 5.82 Å². The molecule has 7 nitrogen and oxygen atoms in total. The van der Waals surface area contributed by atoms with Gasteiger partial charge in [-0.25, -0.2) is 13.1 Å². The number of anilines is 1. The van der Waals surface area contributed by atoms with E-state index in [0.29, 0.717) is 25.2 Å². The van der Waals surface area contributed by atoms with Crippen molar-refractivity contribution in [2.75, 3.05) is 18.4 Å². The minimum Gasteiger partial charge on any atom is -0.311 e. The van der Waals surface area contributed by atoms with Crippen molar-refractivity contribution in [1.82, 2.24) is 14.1 Å². The molecule has 146 valence electrons. The van der Waals surface area contributed by atoms with E-state index in [1.54, 1.807) is 35.0 Å². The third kappa shape index (κ3) is 4.22. The number of hydrogen-bond acceptors (Lipinski definition) is 4. The Bertz CT molecular complexity index is 906. The molecule has 1 saturated heterocycles. The highest BCUT2D eigenvalue weighted by Crippen LogP contribution is 2.25. The first-order valence-corrected chi connectivity index (χ1v) is 10.6. The standard InChI is InChI=1S/C19H26N4O3S/c1-14(2)23-18(12-15(3)21-23)20-19(24)16-8-7-11-22(13-16)27(25,26)17-9-5-4-6-10-17/h4-6,9-10,12,14,16H,7-8,11,13H2,1-3H3,(H,20,24)/t16-/m0/s1. The highest BCUT2D eigenvalue weighted by Gasteiger charge is 2.33. The largest absolute Gasteiger partial charge is 0.311 e. The topological polar surface area (TPSA) is 84.3 Å². The van der Waals surface area contributed by atoms with Crippen molar-refractivity contribution in [3.8, 4) is 0 Å². The Hall–Kier alpha value is -2.19. The number of aryl methyl sites for hydroxylation is 1. The molecule has 2 heterocycles. The van der Waals surface area contributed by atoms with E-state index in [4.69, 9.17) is 0 Å². The van der Waals surface area contributed by atoms with Crippen LogP contribution in [0.2, 0.25) is 0 Å². The van der Waals surface area contributed by atoms with E-state index in [2.05, 4.69) is 10.4 Å². The number of nitrogens with zero attached hydrogens (tertiary/aromatic N) is 3. The first-order chi connectivity index (χ1) is 12.8. The maximum absolute atomic E-state index is 12.8. The Balaban J connectivity index is 1.74. The fourth-order valence-corrected chi connectivity index (χ4v) is 4.89. The summed E-state index contributed by atoms with van der Waals surface area (Å²) >= 11 is 0. The van der Waals surface area contributed by atoms with Crippen molar-refractivity contribution in [3.05, 3.63) is 42.1 Å². The van der Waals surface area contributed by atoms with E-state index < -0.39 is 10.0 Å². The van der Waals surface area contributed by atoms with Gasteiger partial charge in [0.15, 0.2) is 0 Å². The van der Waals surface area contributed by atoms with Crippen molar-refractivity contribution in [1.29, 1.82) is 0 Å². The maximum Gasteiger partial charge on any atom is 0.243 e. The lowest BCUT2D eigenvalue weighted by Crippen LogP contribution is -2.43. The monoisotopic (exact) mass is 390 g/mol. The summed E-state index contributed by atoms with van der Waals surface area (Å²) in [4.78, 5) is 13.1. The molecule has 0 radical (unpaired) electrons. The number of amides is 1. The molecular weight excluding hydrogens is 364 g/mol. The van der Waals surface area contributed by atoms with Crippen molar-refractivity contribution >= 4 is 21.7 Å². The van der Waals surface area contributed by atoms with E-state index in [1.807, 2.05) is 26.8 Å². The van der Waals surface area contributed by atoms with Crippen LogP contribution in [0.15, 0.2) is 41.3 Å². The number of benzene rings is 1. The lowest BCUT2D eigenvalue weighted by atomic mass is 9.99. The van der Waals surface area contributed by atoms with Crippen LogP contribution < -0.4 is 5.32 Å². The second kappa shape index (κ2) is 7.82. The summed E-state index contributed by atoms with van der Waals surface area (Å²) in [6.45, 7) is 6.50. The summed E-state index contributed by atoms with van der Waals surface area (Å²) < 4.78 is 28.9. The lowest BCUT2D eigenvalue weighted by molar-refractivity contribution is -0.120. The summed E-state index contributed by atoms with van der Waals surface area (Å²) in [5.74, 6) is 0.105. The second-order valence-electron chi connectivity index (χ2n) is 7.21. The fraction of sp³-hybridized carbons (Fsp3) is 0.474. The zero-order valence-electron chi connectivity index (χ0n) is 15.9. The quantitative estimate of drug-likeness (QED) is 0.851. The Kier molecular flexibility index (Phi) is 5.67. The number of piperidine rings is 1. The Morgan fingerprint density at radius 3 is 2.63 bits per heavy atom. The van der Waals surface area contributed by atoms with Crippen LogP contribution >= 0.6 is 0 Å². The molecule has 1 aliphatic rings. The van der Waals surface area contributed by atoms with Gasteiger partial charge in [0.05, 0.1) is 16.5 Å². The van der Waals surface area contributed by atoms with Crippen molar-refractivity contribution < 1.29 is 13.2 Å². The summed E-state index contributed by atoms with van der Waals surface area (Å²) in [6.07, 6.45) is 1.33. The lowest BCUT2D eigenvalue weighted by Gasteiger charge is -2.31. The van der Waals surface area contributed by atoms with Gasteiger partial charge in [-0.05, 0) is 45.7 Å². The van der Waals surface area contributed by atoms with E-state index >= 15 is 0 Å². The Morgan fingerprint density at radius 2 is 1.96 bits per heavy atom. The number of sulfonamides is 1. The van der Waals surface area contributed by atoms with E-state index in [-0.39, 0.29) is 29.3 Å². The molecule has 0 bridgehead atoms. The number of aromatic nitrogens is 2. The van der Waals surface area contributed by atoms with Crippen LogP contribution in [0.4, 0.5) is 5.82 Å². The van der Waals surface area contributed by atoms with Crippen LogP contribution in [-0.2, 0) is 14.8 Å². The molecular formula is C19H26N4O3S. The zero-order valence-corrected chi connectivity index (χ0v) is 16.7. The summed E-state index contributed by atoms with van der Waals surface area (Å²) in [6, 6.07) is 10.3. The predicted molar refractivity (Wildman–Crippen MR) is 104 cm³/mol. The SMILES string of the molecule is Cc1cc(NC(=O)[C@H]2CCCN(S(=O)(=O)c3ccccc3)C2)n(C(C)C)n1. The van der Waals surface area contributed by atoms with Gasteiger partial charge < -0.3 is 5.32 Å². The normalized spacial score (nSPS) is 18.6. The minimum absolute atomic E-state index is 0.121. The molecule has 8 heteroatoms. The Labute approximate surface area is 160 Å². The number of hydrogen-bond donors (Lipinski definition) is 1. The molecule has 0 spiro atoms. The van der Waals surface area contributed by atoms with E-state index in [9.17, 15) is 13.2 Å².